The molecule has 7 heteroatoms. The van der Waals surface area contributed by atoms with Gasteiger partial charge in [0.2, 0.25) is 5.91 Å². The highest BCUT2D eigenvalue weighted by Gasteiger charge is 2.21. The molecule has 124 valence electrons. The van der Waals surface area contributed by atoms with Crippen molar-refractivity contribution < 1.29 is 4.79 Å². The summed E-state index contributed by atoms with van der Waals surface area (Å²) in [6.45, 7) is 9.15. The quantitative estimate of drug-likeness (QED) is 0.930. The number of nitrogens with one attached hydrogen (secondary N) is 1. The molecule has 2 aromatic rings. The Kier molecular flexibility index (Phi) is 4.50. The number of carbonyl (C=O) groups excluding carboxylic acids is 1. The lowest BCUT2D eigenvalue weighted by atomic mass is 10.1. The molecular weight excluding hydrogens is 310 g/mol. The van der Waals surface area contributed by atoms with E-state index in [-0.39, 0.29) is 5.91 Å². The second-order valence-corrected chi connectivity index (χ2v) is 7.09. The highest BCUT2D eigenvalue weighted by Crippen LogP contribution is 2.28. The van der Waals surface area contributed by atoms with Gasteiger partial charge in [-0.3, -0.25) is 14.4 Å². The number of aromatic nitrogens is 3. The van der Waals surface area contributed by atoms with Gasteiger partial charge in [0.25, 0.3) is 0 Å². The number of hydrogen-bond donors (Lipinski definition) is 1. The van der Waals surface area contributed by atoms with Crippen molar-refractivity contribution in [1.82, 2.24) is 19.7 Å². The molecule has 0 fully saturated rings. The normalized spacial score (nSPS) is 14.8. The zero-order valence-electron chi connectivity index (χ0n) is 14.1. The Morgan fingerprint density at radius 3 is 2.83 bits per heavy atom. The second kappa shape index (κ2) is 6.41. The number of fused-ring (bicyclic) bond motifs is 1. The van der Waals surface area contributed by atoms with E-state index in [2.05, 4.69) is 27.2 Å². The van der Waals surface area contributed by atoms with Gasteiger partial charge in [-0.25, -0.2) is 4.98 Å². The summed E-state index contributed by atoms with van der Waals surface area (Å²) >= 11 is 1.60. The first-order valence-corrected chi connectivity index (χ1v) is 8.79. The van der Waals surface area contributed by atoms with Crippen LogP contribution in [0.25, 0.3) is 0 Å². The van der Waals surface area contributed by atoms with Gasteiger partial charge in [0.1, 0.15) is 0 Å². The van der Waals surface area contributed by atoms with E-state index in [0.717, 1.165) is 53.8 Å². The molecule has 0 radical (unpaired) electrons. The van der Waals surface area contributed by atoms with Gasteiger partial charge in [-0.15, -0.1) is 11.3 Å². The number of thiazole rings is 1. The molecule has 0 saturated carbocycles. The van der Waals surface area contributed by atoms with Crippen molar-refractivity contribution in [3.8, 4) is 0 Å². The van der Waals surface area contributed by atoms with Gasteiger partial charge in [-0.05, 0) is 20.4 Å². The summed E-state index contributed by atoms with van der Waals surface area (Å²) in [6.07, 6.45) is 1.31. The van der Waals surface area contributed by atoms with E-state index < -0.39 is 0 Å². The molecular formula is C16H23N5OS. The Balaban J connectivity index is 1.68. The summed E-state index contributed by atoms with van der Waals surface area (Å²) in [4.78, 5) is 20.6. The van der Waals surface area contributed by atoms with E-state index in [0.29, 0.717) is 6.42 Å². The summed E-state index contributed by atoms with van der Waals surface area (Å²) in [5.41, 5.74) is 4.10. The first-order valence-electron chi connectivity index (χ1n) is 7.97. The van der Waals surface area contributed by atoms with Gasteiger partial charge in [-0.2, -0.15) is 5.10 Å². The number of carbonyl (C=O) groups is 1. The number of aryl methyl sites for hydroxylation is 2. The van der Waals surface area contributed by atoms with Crippen molar-refractivity contribution in [3.05, 3.63) is 27.5 Å². The van der Waals surface area contributed by atoms with E-state index in [1.165, 1.54) is 4.88 Å². The largest absolute Gasteiger partial charge is 0.302 e. The minimum atomic E-state index is -0.0253. The monoisotopic (exact) mass is 333 g/mol. The van der Waals surface area contributed by atoms with Crippen molar-refractivity contribution >= 4 is 22.4 Å². The predicted octanol–water partition coefficient (Wildman–Crippen LogP) is 2.05. The molecule has 0 spiro atoms. The van der Waals surface area contributed by atoms with E-state index in [1.807, 2.05) is 25.6 Å². The van der Waals surface area contributed by atoms with Crippen LogP contribution in [0.1, 0.15) is 34.4 Å². The van der Waals surface area contributed by atoms with Crippen LogP contribution in [0.5, 0.6) is 0 Å². The van der Waals surface area contributed by atoms with E-state index >= 15 is 0 Å². The first kappa shape index (κ1) is 16.1. The number of anilines is 1. The minimum absolute atomic E-state index is 0.0253. The molecule has 1 amide bonds. The molecule has 1 aliphatic heterocycles. The second-order valence-electron chi connectivity index (χ2n) is 6.01. The Bertz CT molecular complexity index is 733. The van der Waals surface area contributed by atoms with Crippen LogP contribution in [-0.2, 0) is 31.2 Å². The molecule has 3 heterocycles. The number of likely N-dealkylation sites (N-methyl/N-ethyl adjacent to an activating group) is 1. The highest BCUT2D eigenvalue weighted by molar-refractivity contribution is 7.15. The molecule has 1 aliphatic rings. The predicted molar refractivity (Wildman–Crippen MR) is 91.8 cm³/mol. The van der Waals surface area contributed by atoms with Crippen LogP contribution in [0.2, 0.25) is 0 Å². The minimum Gasteiger partial charge on any atom is -0.302 e. The van der Waals surface area contributed by atoms with Crippen molar-refractivity contribution in [2.24, 2.45) is 7.05 Å². The maximum Gasteiger partial charge on any atom is 0.230 e. The van der Waals surface area contributed by atoms with Crippen molar-refractivity contribution in [3.63, 3.8) is 0 Å². The molecule has 1 N–H and O–H groups in total. The Morgan fingerprint density at radius 1 is 1.39 bits per heavy atom. The maximum absolute atomic E-state index is 12.3. The molecule has 0 unspecified atom stereocenters. The smallest absolute Gasteiger partial charge is 0.230 e. The average Bonchev–Trinajstić information content (AvgIpc) is 3.01. The van der Waals surface area contributed by atoms with Gasteiger partial charge < -0.3 is 5.32 Å². The number of rotatable bonds is 4. The third kappa shape index (κ3) is 3.30. The van der Waals surface area contributed by atoms with E-state index in [9.17, 15) is 4.79 Å². The molecule has 2 aromatic heterocycles. The third-order valence-electron chi connectivity index (χ3n) is 4.50. The summed E-state index contributed by atoms with van der Waals surface area (Å²) in [6, 6.07) is 0. The van der Waals surface area contributed by atoms with Gasteiger partial charge in [0.05, 0.1) is 17.8 Å². The molecule has 0 aliphatic carbocycles. The standard InChI is InChI=1S/C16H23N5OS/c1-5-21-7-6-13-14(9-21)23-16(17-13)18-15(22)8-12-10(2)19-20(4)11(12)3/h5-9H2,1-4H3,(H,17,18,22). The molecule has 23 heavy (non-hydrogen) atoms. The van der Waals surface area contributed by atoms with Crippen molar-refractivity contribution in [2.45, 2.75) is 40.2 Å². The molecule has 3 rings (SSSR count). The molecule has 0 atom stereocenters. The zero-order valence-corrected chi connectivity index (χ0v) is 15.0. The topological polar surface area (TPSA) is 63.1 Å². The number of amides is 1. The molecule has 0 bridgehead atoms. The lowest BCUT2D eigenvalue weighted by Crippen LogP contribution is -2.29. The lowest BCUT2D eigenvalue weighted by Gasteiger charge is -2.23. The van der Waals surface area contributed by atoms with Gasteiger partial charge >= 0.3 is 0 Å². The van der Waals surface area contributed by atoms with Crippen molar-refractivity contribution in [1.29, 1.82) is 0 Å². The average molecular weight is 333 g/mol. The molecule has 0 aromatic carbocycles. The SMILES string of the molecule is CCN1CCc2nc(NC(=O)Cc3c(C)nn(C)c3C)sc2C1. The Hall–Kier alpha value is -1.73. The van der Waals surface area contributed by atoms with Crippen LogP contribution in [0.4, 0.5) is 5.13 Å². The lowest BCUT2D eigenvalue weighted by molar-refractivity contribution is -0.115. The maximum atomic E-state index is 12.3. The Labute approximate surface area is 140 Å². The van der Waals surface area contributed by atoms with E-state index in [4.69, 9.17) is 0 Å². The van der Waals surface area contributed by atoms with Crippen molar-refractivity contribution in [2.75, 3.05) is 18.4 Å². The molecule has 0 saturated heterocycles. The summed E-state index contributed by atoms with van der Waals surface area (Å²) < 4.78 is 1.82. The van der Waals surface area contributed by atoms with Gasteiger partial charge in [-0.1, -0.05) is 6.92 Å². The summed E-state index contributed by atoms with van der Waals surface area (Å²) in [7, 11) is 1.90. The molecule has 6 nitrogen and oxygen atoms in total. The first-order chi connectivity index (χ1) is 11.0. The van der Waals surface area contributed by atoms with Gasteiger partial charge in [0.15, 0.2) is 5.13 Å². The summed E-state index contributed by atoms with van der Waals surface area (Å²) in [5, 5.41) is 8.04. The fourth-order valence-electron chi connectivity index (χ4n) is 2.97. The number of hydrogen-bond acceptors (Lipinski definition) is 5. The number of nitrogens with zero attached hydrogens (tertiary/aromatic N) is 4. The zero-order chi connectivity index (χ0) is 16.6. The van der Waals surface area contributed by atoms with Crippen LogP contribution in [0.3, 0.4) is 0 Å². The van der Waals surface area contributed by atoms with Crippen LogP contribution >= 0.6 is 11.3 Å². The van der Waals surface area contributed by atoms with Crippen LogP contribution < -0.4 is 5.32 Å². The van der Waals surface area contributed by atoms with E-state index in [1.54, 1.807) is 11.3 Å². The fraction of sp³-hybridized carbons (Fsp3) is 0.562. The van der Waals surface area contributed by atoms with Crippen LogP contribution in [0.15, 0.2) is 0 Å². The highest BCUT2D eigenvalue weighted by atomic mass is 32.1. The summed E-state index contributed by atoms with van der Waals surface area (Å²) in [5.74, 6) is -0.0253. The Morgan fingerprint density at radius 2 is 2.17 bits per heavy atom. The fourth-order valence-corrected chi connectivity index (χ4v) is 4.04. The van der Waals surface area contributed by atoms with Crippen LogP contribution in [0, 0.1) is 13.8 Å². The van der Waals surface area contributed by atoms with Crippen LogP contribution in [-0.4, -0.2) is 38.7 Å². The van der Waals surface area contributed by atoms with Gasteiger partial charge in [0, 0.05) is 42.7 Å². The third-order valence-corrected chi connectivity index (χ3v) is 5.50.